The lowest BCUT2D eigenvalue weighted by Gasteiger charge is -2.00. The quantitative estimate of drug-likeness (QED) is 0.445. The molecule has 0 amide bonds. The van der Waals surface area contributed by atoms with E-state index in [1.165, 1.54) is 5.57 Å². The molecular weight excluding hydrogens is 136 g/mol. The van der Waals surface area contributed by atoms with Crippen LogP contribution in [0.15, 0.2) is 11.6 Å². The first-order chi connectivity index (χ1) is 4.13. The molecule has 0 spiro atoms. The molecule has 0 aromatic rings. The first-order valence-corrected chi connectivity index (χ1v) is 4.06. The van der Waals surface area contributed by atoms with E-state index in [-0.39, 0.29) is 5.75 Å². The fourth-order valence-electron chi connectivity index (χ4n) is 0.444. The number of rotatable bonds is 3. The van der Waals surface area contributed by atoms with Crippen LogP contribution in [0.3, 0.4) is 0 Å². The Balaban J connectivity index is 3.31. The van der Waals surface area contributed by atoms with Crippen molar-refractivity contribution in [3.8, 4) is 0 Å². The van der Waals surface area contributed by atoms with Gasteiger partial charge >= 0.3 is 0 Å². The maximum atomic E-state index is 9.95. The third-order valence-corrected chi connectivity index (χ3v) is 1.41. The molecule has 0 aromatic heterocycles. The minimum Gasteiger partial charge on any atom is -0.772 e. The summed E-state index contributed by atoms with van der Waals surface area (Å²) >= 11 is -1.88. The molecule has 1 unspecified atom stereocenters. The minimum absolute atomic E-state index is 0.241. The van der Waals surface area contributed by atoms with E-state index in [2.05, 4.69) is 0 Å². The van der Waals surface area contributed by atoms with Crippen molar-refractivity contribution in [2.24, 2.45) is 0 Å². The Kier molecular flexibility index (Phi) is 4.62. The molecule has 0 fully saturated rings. The van der Waals surface area contributed by atoms with Crippen molar-refractivity contribution in [1.29, 1.82) is 0 Å². The molecule has 0 saturated carbocycles. The second kappa shape index (κ2) is 4.70. The van der Waals surface area contributed by atoms with Crippen LogP contribution in [0.1, 0.15) is 20.3 Å². The summed E-state index contributed by atoms with van der Waals surface area (Å²) in [6, 6.07) is 0. The zero-order chi connectivity index (χ0) is 7.28. The van der Waals surface area contributed by atoms with Gasteiger partial charge in [0.15, 0.2) is 0 Å². The largest absolute Gasteiger partial charge is 0.772 e. The molecular formula is C6H11O2S-. The van der Waals surface area contributed by atoms with Crippen molar-refractivity contribution in [2.45, 2.75) is 20.3 Å². The average molecular weight is 147 g/mol. The Morgan fingerprint density at radius 2 is 2.22 bits per heavy atom. The number of hydrogen-bond donors (Lipinski definition) is 0. The average Bonchev–Trinajstić information content (AvgIpc) is 1.63. The van der Waals surface area contributed by atoms with Crippen LogP contribution in [0.5, 0.6) is 0 Å². The molecule has 0 aliphatic carbocycles. The summed E-state index contributed by atoms with van der Waals surface area (Å²) in [5.74, 6) is 0.241. The van der Waals surface area contributed by atoms with Gasteiger partial charge in [0, 0.05) is 5.75 Å². The summed E-state index contributed by atoms with van der Waals surface area (Å²) in [4.78, 5) is 0. The highest BCUT2D eigenvalue weighted by atomic mass is 32.2. The van der Waals surface area contributed by atoms with E-state index >= 15 is 0 Å². The Labute approximate surface area is 58.3 Å². The predicted molar refractivity (Wildman–Crippen MR) is 37.8 cm³/mol. The Bertz CT molecular complexity index is 125. The number of hydrogen-bond acceptors (Lipinski definition) is 2. The summed E-state index contributed by atoms with van der Waals surface area (Å²) < 4.78 is 19.9. The van der Waals surface area contributed by atoms with Gasteiger partial charge in [0.05, 0.1) is 0 Å². The summed E-state index contributed by atoms with van der Waals surface area (Å²) in [6.07, 6.45) is 2.55. The van der Waals surface area contributed by atoms with Crippen LogP contribution in [0.25, 0.3) is 0 Å². The van der Waals surface area contributed by atoms with Gasteiger partial charge in [-0.3, -0.25) is 4.21 Å². The van der Waals surface area contributed by atoms with Crippen LogP contribution in [-0.4, -0.2) is 14.5 Å². The molecule has 0 aliphatic heterocycles. The fourth-order valence-corrected chi connectivity index (χ4v) is 0.754. The molecule has 0 bridgehead atoms. The maximum Gasteiger partial charge on any atom is 0.0136 e. The molecule has 0 saturated heterocycles. The normalized spacial score (nSPS) is 12.8. The molecule has 0 aromatic carbocycles. The molecule has 2 nitrogen and oxygen atoms in total. The lowest BCUT2D eigenvalue weighted by Crippen LogP contribution is -1.92. The Morgan fingerprint density at radius 3 is 2.56 bits per heavy atom. The summed E-state index contributed by atoms with van der Waals surface area (Å²) in [5, 5.41) is 0. The van der Waals surface area contributed by atoms with Gasteiger partial charge in [-0.05, 0) is 20.3 Å². The van der Waals surface area contributed by atoms with E-state index in [9.17, 15) is 8.76 Å². The van der Waals surface area contributed by atoms with Gasteiger partial charge in [-0.2, -0.15) is 0 Å². The van der Waals surface area contributed by atoms with Crippen LogP contribution in [-0.2, 0) is 11.1 Å². The van der Waals surface area contributed by atoms with Gasteiger partial charge in [-0.1, -0.05) is 22.7 Å². The van der Waals surface area contributed by atoms with Crippen LogP contribution in [0.4, 0.5) is 0 Å². The highest BCUT2D eigenvalue weighted by Gasteiger charge is 1.81. The minimum atomic E-state index is -1.88. The van der Waals surface area contributed by atoms with E-state index in [4.69, 9.17) is 0 Å². The highest BCUT2D eigenvalue weighted by molar-refractivity contribution is 7.79. The molecule has 54 valence electrons. The summed E-state index contributed by atoms with van der Waals surface area (Å²) in [6.45, 7) is 3.90. The molecule has 9 heavy (non-hydrogen) atoms. The molecule has 0 aliphatic rings. The third kappa shape index (κ3) is 7.85. The lowest BCUT2D eigenvalue weighted by molar-refractivity contribution is 0.537. The van der Waals surface area contributed by atoms with Gasteiger partial charge in [-0.25, -0.2) is 0 Å². The summed E-state index contributed by atoms with van der Waals surface area (Å²) in [7, 11) is 0. The molecule has 0 rings (SSSR count). The van der Waals surface area contributed by atoms with E-state index in [1.54, 1.807) is 0 Å². The molecule has 1 atom stereocenters. The lowest BCUT2D eigenvalue weighted by atomic mass is 10.3. The van der Waals surface area contributed by atoms with Gasteiger partial charge in [0.1, 0.15) is 0 Å². The van der Waals surface area contributed by atoms with E-state index < -0.39 is 11.1 Å². The molecule has 0 radical (unpaired) electrons. The Hall–Kier alpha value is -0.150. The van der Waals surface area contributed by atoms with E-state index in [0.717, 1.165) is 0 Å². The van der Waals surface area contributed by atoms with Crippen LogP contribution in [0, 0.1) is 0 Å². The number of allylic oxidation sites excluding steroid dienone is 2. The topological polar surface area (TPSA) is 40.1 Å². The van der Waals surface area contributed by atoms with Crippen molar-refractivity contribution in [3.05, 3.63) is 11.6 Å². The second-order valence-electron chi connectivity index (χ2n) is 2.08. The zero-order valence-electron chi connectivity index (χ0n) is 5.72. The van der Waals surface area contributed by atoms with Crippen molar-refractivity contribution in [3.63, 3.8) is 0 Å². The third-order valence-electron chi connectivity index (χ3n) is 0.837. The Morgan fingerprint density at radius 1 is 1.67 bits per heavy atom. The van der Waals surface area contributed by atoms with Crippen LogP contribution in [0.2, 0.25) is 0 Å². The molecule has 3 heteroatoms. The van der Waals surface area contributed by atoms with Crippen LogP contribution < -0.4 is 0 Å². The summed E-state index contributed by atoms with van der Waals surface area (Å²) in [5.41, 5.74) is 1.17. The molecule has 0 N–H and O–H groups in total. The first-order valence-electron chi connectivity index (χ1n) is 2.82. The predicted octanol–water partition coefficient (Wildman–Crippen LogP) is 1.22. The smallest absolute Gasteiger partial charge is 0.0136 e. The van der Waals surface area contributed by atoms with Gasteiger partial charge < -0.3 is 4.55 Å². The molecule has 0 heterocycles. The van der Waals surface area contributed by atoms with Crippen LogP contribution >= 0.6 is 0 Å². The monoisotopic (exact) mass is 147 g/mol. The standard InChI is InChI=1S/C6H12O2S/c1-6(2)4-3-5-9(7)8/h4H,3,5H2,1-2H3,(H,7,8)/p-1. The van der Waals surface area contributed by atoms with Gasteiger partial charge in [0.25, 0.3) is 0 Å². The van der Waals surface area contributed by atoms with Crippen molar-refractivity contribution in [2.75, 3.05) is 5.75 Å². The SMILES string of the molecule is CC(C)=CCCS(=O)[O-]. The van der Waals surface area contributed by atoms with Gasteiger partial charge in [0.2, 0.25) is 0 Å². The zero-order valence-corrected chi connectivity index (χ0v) is 6.53. The van der Waals surface area contributed by atoms with Crippen molar-refractivity contribution in [1.82, 2.24) is 0 Å². The first kappa shape index (κ1) is 8.85. The van der Waals surface area contributed by atoms with Crippen molar-refractivity contribution < 1.29 is 8.76 Å². The van der Waals surface area contributed by atoms with Crippen molar-refractivity contribution >= 4 is 11.1 Å². The maximum absolute atomic E-state index is 9.95. The fraction of sp³-hybridized carbons (Fsp3) is 0.667. The van der Waals surface area contributed by atoms with Gasteiger partial charge in [-0.15, -0.1) is 0 Å². The van der Waals surface area contributed by atoms with E-state index in [0.29, 0.717) is 6.42 Å². The van der Waals surface area contributed by atoms with E-state index in [1.807, 2.05) is 19.9 Å². The second-order valence-corrected chi connectivity index (χ2v) is 3.09. The highest BCUT2D eigenvalue weighted by Crippen LogP contribution is 1.92.